The van der Waals surface area contributed by atoms with E-state index in [-0.39, 0.29) is 29.9 Å². The van der Waals surface area contributed by atoms with E-state index < -0.39 is 12.1 Å². The third-order valence-corrected chi connectivity index (χ3v) is 7.28. The van der Waals surface area contributed by atoms with Crippen LogP contribution in [-0.4, -0.2) is 55.3 Å². The van der Waals surface area contributed by atoms with Crippen molar-refractivity contribution in [2.75, 3.05) is 27.3 Å². The fourth-order valence-electron chi connectivity index (χ4n) is 4.50. The number of carbonyl (C=O) groups excluding carboxylic acids is 2. The van der Waals surface area contributed by atoms with E-state index >= 15 is 0 Å². The number of aliphatic hydroxyl groups is 1. The normalized spacial score (nSPS) is 12.7. The SMILES string of the molecule is CCC(CC)(c1ccc(OCC(O)C(C)(C)C)c(C)c1)c1ccc(C(=O)N(C)CC(=O)OC)c(C)c1. The molecule has 0 aliphatic carbocycles. The van der Waals surface area contributed by atoms with Gasteiger partial charge < -0.3 is 19.5 Å². The van der Waals surface area contributed by atoms with E-state index in [0.717, 1.165) is 35.3 Å². The molecule has 0 saturated heterocycles. The van der Waals surface area contributed by atoms with E-state index in [1.807, 2.05) is 52.8 Å². The third-order valence-electron chi connectivity index (χ3n) is 7.28. The molecule has 6 heteroatoms. The molecule has 0 aromatic heterocycles. The summed E-state index contributed by atoms with van der Waals surface area (Å²) in [6, 6.07) is 12.2. The van der Waals surface area contributed by atoms with Crippen LogP contribution in [-0.2, 0) is 14.9 Å². The maximum Gasteiger partial charge on any atom is 0.325 e. The lowest BCUT2D eigenvalue weighted by molar-refractivity contribution is -0.141. The van der Waals surface area contributed by atoms with Gasteiger partial charge in [-0.15, -0.1) is 0 Å². The number of aliphatic hydroxyl groups excluding tert-OH is 1. The van der Waals surface area contributed by atoms with Crippen LogP contribution in [0.15, 0.2) is 36.4 Å². The molecule has 2 aromatic carbocycles. The Morgan fingerprint density at radius 3 is 2.00 bits per heavy atom. The van der Waals surface area contributed by atoms with Crippen molar-refractivity contribution in [3.8, 4) is 5.75 Å². The van der Waals surface area contributed by atoms with E-state index in [0.29, 0.717) is 5.56 Å². The largest absolute Gasteiger partial charge is 0.491 e. The van der Waals surface area contributed by atoms with Crippen LogP contribution in [0.4, 0.5) is 0 Å². The van der Waals surface area contributed by atoms with Crippen LogP contribution in [0.1, 0.15) is 80.1 Å². The summed E-state index contributed by atoms with van der Waals surface area (Å²) < 4.78 is 10.6. The summed E-state index contributed by atoms with van der Waals surface area (Å²) in [7, 11) is 2.91. The molecule has 1 N–H and O–H groups in total. The summed E-state index contributed by atoms with van der Waals surface area (Å²) in [4.78, 5) is 25.9. The number of hydrogen-bond donors (Lipinski definition) is 1. The van der Waals surface area contributed by atoms with Gasteiger partial charge in [0.05, 0.1) is 13.2 Å². The molecule has 0 bridgehead atoms. The standard InChI is InChI=1S/C30H43NO5/c1-10-30(11-2,23-13-15-25(21(4)17-23)36-19-26(32)29(5,6)7)22-12-14-24(20(3)16-22)28(34)31(8)18-27(33)35-9/h12-17,26,32H,10-11,18-19H2,1-9H3. The van der Waals surface area contributed by atoms with Crippen molar-refractivity contribution in [2.24, 2.45) is 5.41 Å². The summed E-state index contributed by atoms with van der Waals surface area (Å²) in [6.45, 7) is 14.5. The van der Waals surface area contributed by atoms with Crippen molar-refractivity contribution in [2.45, 2.75) is 72.8 Å². The quantitative estimate of drug-likeness (QED) is 0.442. The maximum absolute atomic E-state index is 12.9. The van der Waals surface area contributed by atoms with Gasteiger partial charge in [-0.05, 0) is 66.5 Å². The molecule has 6 nitrogen and oxygen atoms in total. The van der Waals surface area contributed by atoms with Gasteiger partial charge in [0.2, 0.25) is 0 Å². The highest BCUT2D eigenvalue weighted by Crippen LogP contribution is 2.41. The van der Waals surface area contributed by atoms with E-state index in [9.17, 15) is 14.7 Å². The molecule has 0 fully saturated rings. The minimum atomic E-state index is -0.558. The van der Waals surface area contributed by atoms with E-state index in [1.54, 1.807) is 7.05 Å². The first-order chi connectivity index (χ1) is 16.8. The summed E-state index contributed by atoms with van der Waals surface area (Å²) in [5.74, 6) is 0.110. The highest BCUT2D eigenvalue weighted by Gasteiger charge is 2.32. The Labute approximate surface area is 216 Å². The zero-order valence-corrected chi connectivity index (χ0v) is 23.4. The van der Waals surface area contributed by atoms with Gasteiger partial charge in [-0.25, -0.2) is 0 Å². The predicted octanol–water partition coefficient (Wildman–Crippen LogP) is 5.44. The number of carbonyl (C=O) groups is 2. The van der Waals surface area contributed by atoms with Crippen molar-refractivity contribution >= 4 is 11.9 Å². The zero-order valence-electron chi connectivity index (χ0n) is 23.4. The third kappa shape index (κ3) is 6.47. The summed E-state index contributed by atoms with van der Waals surface area (Å²) in [5.41, 5.74) is 4.33. The number of esters is 1. The van der Waals surface area contributed by atoms with Crippen LogP contribution in [0.3, 0.4) is 0 Å². The Hall–Kier alpha value is -2.86. The van der Waals surface area contributed by atoms with Crippen LogP contribution in [0, 0.1) is 19.3 Å². The molecule has 0 aliphatic rings. The molecular formula is C30H43NO5. The predicted molar refractivity (Wildman–Crippen MR) is 144 cm³/mol. The molecule has 198 valence electrons. The first kappa shape index (κ1) is 29.4. The second-order valence-electron chi connectivity index (χ2n) is 10.7. The average Bonchev–Trinajstić information content (AvgIpc) is 2.83. The summed E-state index contributed by atoms with van der Waals surface area (Å²) in [6.07, 6.45) is 1.22. The second kappa shape index (κ2) is 11.9. The van der Waals surface area contributed by atoms with Gasteiger partial charge in [-0.2, -0.15) is 0 Å². The summed E-state index contributed by atoms with van der Waals surface area (Å²) in [5, 5.41) is 10.3. The smallest absolute Gasteiger partial charge is 0.325 e. The topological polar surface area (TPSA) is 76.1 Å². The Kier molecular flexibility index (Phi) is 9.72. The lowest BCUT2D eigenvalue weighted by Gasteiger charge is -2.34. The van der Waals surface area contributed by atoms with Crippen molar-refractivity contribution in [3.05, 3.63) is 64.2 Å². The molecular weight excluding hydrogens is 454 g/mol. The molecule has 0 spiro atoms. The molecule has 2 rings (SSSR count). The first-order valence-electron chi connectivity index (χ1n) is 12.7. The molecule has 1 atom stereocenters. The van der Waals surface area contributed by atoms with E-state index in [4.69, 9.17) is 4.74 Å². The van der Waals surface area contributed by atoms with E-state index in [2.05, 4.69) is 36.8 Å². The lowest BCUT2D eigenvalue weighted by Crippen LogP contribution is -2.33. The number of nitrogens with zero attached hydrogens (tertiary/aromatic N) is 1. The Morgan fingerprint density at radius 2 is 1.53 bits per heavy atom. The monoisotopic (exact) mass is 497 g/mol. The molecule has 2 aromatic rings. The van der Waals surface area contributed by atoms with Crippen molar-refractivity contribution < 1.29 is 24.2 Å². The Bertz CT molecular complexity index is 1070. The fraction of sp³-hybridized carbons (Fsp3) is 0.533. The van der Waals surface area contributed by atoms with Gasteiger partial charge in [0, 0.05) is 18.0 Å². The lowest BCUT2D eigenvalue weighted by atomic mass is 9.70. The second-order valence-corrected chi connectivity index (χ2v) is 10.7. The molecule has 1 amide bonds. The molecule has 0 radical (unpaired) electrons. The van der Waals surface area contributed by atoms with Crippen molar-refractivity contribution in [1.82, 2.24) is 4.90 Å². The van der Waals surface area contributed by atoms with Crippen LogP contribution < -0.4 is 4.74 Å². The van der Waals surface area contributed by atoms with Crippen molar-refractivity contribution in [3.63, 3.8) is 0 Å². The van der Waals surface area contributed by atoms with Gasteiger partial charge in [0.15, 0.2) is 0 Å². The van der Waals surface area contributed by atoms with Gasteiger partial charge in [0.25, 0.3) is 5.91 Å². The number of ether oxygens (including phenoxy) is 2. The number of rotatable bonds is 10. The molecule has 36 heavy (non-hydrogen) atoms. The Morgan fingerprint density at radius 1 is 0.972 bits per heavy atom. The summed E-state index contributed by atoms with van der Waals surface area (Å²) >= 11 is 0. The Balaban J connectivity index is 2.37. The van der Waals surface area contributed by atoms with Gasteiger partial charge in [-0.3, -0.25) is 9.59 Å². The molecule has 0 aliphatic heterocycles. The minimum Gasteiger partial charge on any atom is -0.491 e. The van der Waals surface area contributed by atoms with Gasteiger partial charge in [0.1, 0.15) is 18.9 Å². The van der Waals surface area contributed by atoms with Crippen LogP contribution in [0.5, 0.6) is 5.75 Å². The zero-order chi connectivity index (χ0) is 27.3. The number of hydrogen-bond acceptors (Lipinski definition) is 5. The fourth-order valence-corrected chi connectivity index (χ4v) is 4.50. The van der Waals surface area contributed by atoms with Crippen LogP contribution in [0.2, 0.25) is 0 Å². The number of aryl methyl sites for hydroxylation is 2. The van der Waals surface area contributed by atoms with Gasteiger partial charge in [-0.1, -0.05) is 58.9 Å². The number of methoxy groups -OCH3 is 1. The van der Waals surface area contributed by atoms with E-state index in [1.165, 1.54) is 17.6 Å². The highest BCUT2D eigenvalue weighted by atomic mass is 16.5. The minimum absolute atomic E-state index is 0.0924. The van der Waals surface area contributed by atoms with Gasteiger partial charge >= 0.3 is 5.97 Å². The van der Waals surface area contributed by atoms with Crippen LogP contribution in [0.25, 0.3) is 0 Å². The number of benzene rings is 2. The molecule has 1 unspecified atom stereocenters. The number of amides is 1. The first-order valence-corrected chi connectivity index (χ1v) is 12.7. The van der Waals surface area contributed by atoms with Crippen LogP contribution >= 0.6 is 0 Å². The van der Waals surface area contributed by atoms with Crippen molar-refractivity contribution in [1.29, 1.82) is 0 Å². The molecule has 0 saturated carbocycles. The maximum atomic E-state index is 12.9. The highest BCUT2D eigenvalue weighted by molar-refractivity contribution is 5.97. The average molecular weight is 498 g/mol. The molecule has 0 heterocycles. The number of likely N-dealkylation sites (N-methyl/N-ethyl adjacent to an activating group) is 1.